The molecule has 0 radical (unpaired) electrons. The van der Waals surface area contributed by atoms with Gasteiger partial charge in [-0.25, -0.2) is 13.2 Å². The Kier molecular flexibility index (Phi) is 8.24. The first-order valence-corrected chi connectivity index (χ1v) is 16.1. The predicted molar refractivity (Wildman–Crippen MR) is 185 cm³/mol. The molecule has 2 aliphatic heterocycles. The van der Waals surface area contributed by atoms with E-state index in [4.69, 9.17) is 4.74 Å². The van der Waals surface area contributed by atoms with Crippen molar-refractivity contribution in [3.63, 3.8) is 0 Å². The van der Waals surface area contributed by atoms with Gasteiger partial charge in [-0.2, -0.15) is 10.5 Å². The molecule has 0 fully saturated rings. The second-order valence-electron chi connectivity index (χ2n) is 12.3. The van der Waals surface area contributed by atoms with Gasteiger partial charge < -0.3 is 24.5 Å². The Bertz CT molecular complexity index is 2540. The molecule has 0 aliphatic carbocycles. The standard InChI is InChI=1S/C20H17N3O2.C19H12F3N3O/c1-12-16-9-13(11-21)10-17(14-3-5-15(25-2)6-4-14)19(16)23-8-7-22-20(24)18(12)23;1-9-12-6-10(8-23)7-13(11-2-3-14(20)16(22)15(11)21)18(12)25-5-4-24-19(26)17(9)25/h3-6,9-10H,7-8H2,1-2H3,(H,22,24);2-3,6-7H,4-5H2,1H3,(H,24,26). The summed E-state index contributed by atoms with van der Waals surface area (Å²) < 4.78 is 50.6. The second-order valence-corrected chi connectivity index (χ2v) is 12.3. The van der Waals surface area contributed by atoms with Crippen LogP contribution in [0.4, 0.5) is 13.2 Å². The number of nitrogens with one attached hydrogen (secondary N) is 2. The number of ether oxygens (including phenoxy) is 1. The van der Waals surface area contributed by atoms with Crippen LogP contribution in [0.2, 0.25) is 0 Å². The number of nitriles is 2. The number of amides is 2. The summed E-state index contributed by atoms with van der Waals surface area (Å²) in [6.07, 6.45) is 0. The van der Waals surface area contributed by atoms with Gasteiger partial charge in [0.15, 0.2) is 17.5 Å². The molecule has 4 heterocycles. The molecular formula is C39H29F3N6O3. The van der Waals surface area contributed by atoms with E-state index < -0.39 is 17.5 Å². The lowest BCUT2D eigenvalue weighted by atomic mass is 9.98. The van der Waals surface area contributed by atoms with Crippen LogP contribution in [0.1, 0.15) is 43.2 Å². The molecule has 6 aromatic rings. The van der Waals surface area contributed by atoms with E-state index in [1.165, 1.54) is 6.07 Å². The molecule has 0 unspecified atom stereocenters. The molecule has 2 amide bonds. The Morgan fingerprint density at radius 3 is 1.71 bits per heavy atom. The van der Waals surface area contributed by atoms with Crippen molar-refractivity contribution < 1.29 is 27.5 Å². The number of halogens is 3. The predicted octanol–water partition coefficient (Wildman–Crippen LogP) is 6.89. The summed E-state index contributed by atoms with van der Waals surface area (Å²) in [5.41, 5.74) is 7.08. The van der Waals surface area contributed by atoms with Crippen molar-refractivity contribution in [2.75, 3.05) is 20.2 Å². The van der Waals surface area contributed by atoms with Gasteiger partial charge in [-0.05, 0) is 79.1 Å². The third-order valence-electron chi connectivity index (χ3n) is 9.47. The van der Waals surface area contributed by atoms with Gasteiger partial charge in [0.1, 0.15) is 17.1 Å². The third kappa shape index (κ3) is 5.33. The van der Waals surface area contributed by atoms with Gasteiger partial charge in [-0.15, -0.1) is 0 Å². The minimum Gasteiger partial charge on any atom is -0.497 e. The van der Waals surface area contributed by atoms with Gasteiger partial charge in [0.2, 0.25) is 0 Å². The number of carbonyl (C=O) groups excluding carboxylic acids is 2. The summed E-state index contributed by atoms with van der Waals surface area (Å²) >= 11 is 0. The number of rotatable bonds is 3. The molecular weight excluding hydrogens is 657 g/mol. The maximum atomic E-state index is 14.4. The Morgan fingerprint density at radius 1 is 0.686 bits per heavy atom. The molecule has 4 aromatic carbocycles. The SMILES string of the molecule is COc1ccc(-c2cc(C#N)cc3c(C)c4n(c23)CCNC4=O)cc1.Cc1c2n(c3c(-c4ccc(F)c(F)c4F)cc(C#N)cc13)CCNC2=O. The van der Waals surface area contributed by atoms with Crippen LogP contribution in [0.3, 0.4) is 0 Å². The number of aromatic nitrogens is 2. The van der Waals surface area contributed by atoms with Crippen LogP contribution in [0, 0.1) is 54.0 Å². The number of carbonyl (C=O) groups is 2. The maximum absolute atomic E-state index is 14.4. The fourth-order valence-electron chi connectivity index (χ4n) is 7.13. The van der Waals surface area contributed by atoms with Crippen LogP contribution < -0.4 is 15.4 Å². The third-order valence-corrected chi connectivity index (χ3v) is 9.47. The molecule has 0 spiro atoms. The van der Waals surface area contributed by atoms with Gasteiger partial charge in [0.05, 0.1) is 41.4 Å². The Balaban J connectivity index is 0.000000159. The van der Waals surface area contributed by atoms with E-state index in [1.807, 2.05) is 49.4 Å². The molecule has 12 heteroatoms. The molecule has 2 N–H and O–H groups in total. The van der Waals surface area contributed by atoms with Gasteiger partial charge in [0, 0.05) is 53.6 Å². The summed E-state index contributed by atoms with van der Waals surface area (Å²) in [6.45, 7) is 5.87. The highest BCUT2D eigenvalue weighted by atomic mass is 19.2. The summed E-state index contributed by atoms with van der Waals surface area (Å²) in [5.74, 6) is -3.72. The van der Waals surface area contributed by atoms with Gasteiger partial charge >= 0.3 is 0 Å². The Labute approximate surface area is 290 Å². The van der Waals surface area contributed by atoms with Crippen LogP contribution >= 0.6 is 0 Å². The quantitative estimate of drug-likeness (QED) is 0.196. The molecule has 0 atom stereocenters. The van der Waals surface area contributed by atoms with Crippen molar-refractivity contribution >= 4 is 33.6 Å². The highest BCUT2D eigenvalue weighted by Crippen LogP contribution is 2.39. The van der Waals surface area contributed by atoms with E-state index in [0.717, 1.165) is 52.0 Å². The van der Waals surface area contributed by atoms with E-state index in [-0.39, 0.29) is 28.5 Å². The highest BCUT2D eigenvalue weighted by molar-refractivity contribution is 6.08. The number of nitrogens with zero attached hydrogens (tertiary/aromatic N) is 4. The number of hydrogen-bond acceptors (Lipinski definition) is 5. The summed E-state index contributed by atoms with van der Waals surface area (Å²) in [4.78, 5) is 24.6. The lowest BCUT2D eigenvalue weighted by Crippen LogP contribution is -2.35. The zero-order chi connectivity index (χ0) is 36.1. The molecule has 2 aliphatic rings. The lowest BCUT2D eigenvalue weighted by Gasteiger charge is -2.18. The zero-order valence-electron chi connectivity index (χ0n) is 27.7. The first-order valence-electron chi connectivity index (χ1n) is 16.1. The average Bonchev–Trinajstić information content (AvgIpc) is 3.61. The maximum Gasteiger partial charge on any atom is 0.268 e. The summed E-state index contributed by atoms with van der Waals surface area (Å²) in [6, 6.07) is 20.8. The molecule has 0 saturated heterocycles. The molecule has 51 heavy (non-hydrogen) atoms. The fourth-order valence-corrected chi connectivity index (χ4v) is 7.13. The fraction of sp³-hybridized carbons (Fsp3) is 0.179. The second kappa shape index (κ2) is 12.7. The van der Waals surface area contributed by atoms with E-state index >= 15 is 0 Å². The van der Waals surface area contributed by atoms with E-state index in [2.05, 4.69) is 21.3 Å². The smallest absolute Gasteiger partial charge is 0.268 e. The van der Waals surface area contributed by atoms with Crippen LogP contribution in [0.15, 0.2) is 60.7 Å². The number of hydrogen-bond donors (Lipinski definition) is 2. The molecule has 9 nitrogen and oxygen atoms in total. The number of fused-ring (bicyclic) bond motifs is 6. The molecule has 2 aromatic heterocycles. The van der Waals surface area contributed by atoms with Crippen molar-refractivity contribution in [1.29, 1.82) is 10.5 Å². The van der Waals surface area contributed by atoms with Crippen molar-refractivity contribution in [1.82, 2.24) is 19.8 Å². The topological polar surface area (TPSA) is 125 Å². The summed E-state index contributed by atoms with van der Waals surface area (Å²) in [5, 5.41) is 26.0. The molecule has 0 bridgehead atoms. The van der Waals surface area contributed by atoms with E-state index in [0.29, 0.717) is 53.1 Å². The minimum atomic E-state index is -1.57. The first-order chi connectivity index (χ1) is 24.6. The highest BCUT2D eigenvalue weighted by Gasteiger charge is 2.28. The van der Waals surface area contributed by atoms with Crippen molar-refractivity contribution in [3.8, 4) is 40.1 Å². The number of benzene rings is 4. The number of aryl methyl sites for hydroxylation is 2. The van der Waals surface area contributed by atoms with Gasteiger partial charge in [-0.3, -0.25) is 9.59 Å². The van der Waals surface area contributed by atoms with Crippen LogP contribution in [0.5, 0.6) is 5.75 Å². The van der Waals surface area contributed by atoms with Crippen molar-refractivity contribution in [2.45, 2.75) is 26.9 Å². The Hall–Kier alpha value is -6.53. The zero-order valence-corrected chi connectivity index (χ0v) is 27.7. The normalized spacial score (nSPS) is 13.3. The summed E-state index contributed by atoms with van der Waals surface area (Å²) in [7, 11) is 1.63. The number of methoxy groups -OCH3 is 1. The molecule has 8 rings (SSSR count). The lowest BCUT2D eigenvalue weighted by molar-refractivity contribution is 0.0920. The van der Waals surface area contributed by atoms with Crippen LogP contribution in [-0.4, -0.2) is 41.1 Å². The van der Waals surface area contributed by atoms with Gasteiger partial charge in [-0.1, -0.05) is 12.1 Å². The Morgan fingerprint density at radius 2 is 1.20 bits per heavy atom. The van der Waals surface area contributed by atoms with E-state index in [9.17, 15) is 33.3 Å². The van der Waals surface area contributed by atoms with Crippen LogP contribution in [0.25, 0.3) is 44.1 Å². The van der Waals surface area contributed by atoms with Gasteiger partial charge in [0.25, 0.3) is 11.8 Å². The monoisotopic (exact) mass is 686 g/mol. The average molecular weight is 687 g/mol. The first kappa shape index (κ1) is 33.0. The molecule has 254 valence electrons. The van der Waals surface area contributed by atoms with E-state index in [1.54, 1.807) is 24.7 Å². The molecule has 0 saturated carbocycles. The van der Waals surface area contributed by atoms with Crippen molar-refractivity contribution in [3.05, 3.63) is 112 Å². The minimum absolute atomic E-state index is 0.0564. The largest absolute Gasteiger partial charge is 0.497 e. The van der Waals surface area contributed by atoms with Crippen molar-refractivity contribution in [2.24, 2.45) is 0 Å². The van der Waals surface area contributed by atoms with Crippen LogP contribution in [-0.2, 0) is 13.1 Å².